The summed E-state index contributed by atoms with van der Waals surface area (Å²) in [6, 6.07) is 4.23. The molecular weight excluding hydrogens is 228 g/mol. The van der Waals surface area contributed by atoms with Crippen molar-refractivity contribution < 1.29 is 10.2 Å². The minimum Gasteiger partial charge on any atom is -0.508 e. The Morgan fingerprint density at radius 2 is 2.25 bits per heavy atom. The first kappa shape index (κ1) is 10.4. The molecule has 1 aromatic heterocycles. The number of rotatable bonds is 2. The van der Waals surface area contributed by atoms with Crippen LogP contribution in [0.4, 0.5) is 0 Å². The number of aromatic nitrogens is 3. The lowest BCUT2D eigenvalue weighted by Gasteiger charge is -1.98. The lowest BCUT2D eigenvalue weighted by Crippen LogP contribution is -1.89. The Bertz CT molecular complexity index is 587. The molecule has 0 aliphatic rings. The number of aromatic hydroxyl groups is 2. The van der Waals surface area contributed by atoms with E-state index in [1.807, 2.05) is 0 Å². The van der Waals surface area contributed by atoms with Crippen molar-refractivity contribution in [1.29, 1.82) is 0 Å². The molecule has 0 radical (unpaired) electrons. The first-order valence-electron chi connectivity index (χ1n) is 4.35. The highest BCUT2D eigenvalue weighted by atomic mass is 32.1. The summed E-state index contributed by atoms with van der Waals surface area (Å²) >= 11 is 4.88. The van der Waals surface area contributed by atoms with Gasteiger partial charge in [0.2, 0.25) is 4.77 Å². The second-order valence-electron chi connectivity index (χ2n) is 2.99. The third kappa shape index (κ3) is 2.09. The Labute approximate surface area is 95.5 Å². The van der Waals surface area contributed by atoms with Gasteiger partial charge in [0.1, 0.15) is 17.8 Å². The maximum atomic E-state index is 9.48. The van der Waals surface area contributed by atoms with Crippen LogP contribution in [0.3, 0.4) is 0 Å². The summed E-state index contributed by atoms with van der Waals surface area (Å²) in [5.74, 6) is -0.0617. The Morgan fingerprint density at radius 3 is 2.88 bits per heavy atom. The number of nitrogens with one attached hydrogen (secondary N) is 1. The number of benzene rings is 1. The lowest BCUT2D eigenvalue weighted by molar-refractivity contribution is 0.450. The van der Waals surface area contributed by atoms with E-state index in [0.29, 0.717) is 10.3 Å². The topological polar surface area (TPSA) is 86.4 Å². The third-order valence-electron chi connectivity index (χ3n) is 1.87. The van der Waals surface area contributed by atoms with E-state index in [1.165, 1.54) is 35.4 Å². The molecule has 0 spiro atoms. The monoisotopic (exact) mass is 236 g/mol. The zero-order valence-corrected chi connectivity index (χ0v) is 8.85. The molecule has 16 heavy (non-hydrogen) atoms. The number of phenolic OH excluding ortho intramolecular Hbond substituents is 2. The fraction of sp³-hybridized carbons (Fsp3) is 0. The van der Waals surface area contributed by atoms with E-state index in [-0.39, 0.29) is 11.5 Å². The van der Waals surface area contributed by atoms with Crippen molar-refractivity contribution in [2.45, 2.75) is 0 Å². The quantitative estimate of drug-likeness (QED) is 0.540. The first-order chi connectivity index (χ1) is 7.66. The smallest absolute Gasteiger partial charge is 0.216 e. The van der Waals surface area contributed by atoms with Gasteiger partial charge in [0, 0.05) is 11.6 Å². The molecule has 0 aliphatic heterocycles. The predicted octanol–water partition coefficient (Wildman–Crippen LogP) is 1.23. The van der Waals surface area contributed by atoms with Gasteiger partial charge in [0.05, 0.1) is 6.21 Å². The van der Waals surface area contributed by atoms with Gasteiger partial charge in [0.25, 0.3) is 0 Å². The molecular formula is C9H8N4O2S. The SMILES string of the molecule is Oc1ccc(C=Nn2cn[nH]c2=S)c(O)c1. The fourth-order valence-corrected chi connectivity index (χ4v) is 1.24. The van der Waals surface area contributed by atoms with Gasteiger partial charge >= 0.3 is 0 Å². The van der Waals surface area contributed by atoms with Gasteiger partial charge in [-0.25, -0.2) is 0 Å². The zero-order valence-electron chi connectivity index (χ0n) is 8.03. The van der Waals surface area contributed by atoms with Crippen molar-refractivity contribution in [2.24, 2.45) is 5.10 Å². The van der Waals surface area contributed by atoms with E-state index in [4.69, 9.17) is 17.3 Å². The van der Waals surface area contributed by atoms with Crippen LogP contribution in [0.5, 0.6) is 11.5 Å². The van der Waals surface area contributed by atoms with E-state index < -0.39 is 0 Å². The molecule has 1 aromatic carbocycles. The normalized spacial score (nSPS) is 11.0. The standard InChI is InChI=1S/C9H8N4O2S/c14-7-2-1-6(8(15)3-7)4-11-13-5-10-12-9(13)16/h1-5,14-15H,(H,12,16). The molecule has 0 unspecified atom stereocenters. The minimum absolute atomic E-state index is 0.00503. The van der Waals surface area contributed by atoms with Gasteiger partial charge < -0.3 is 10.2 Å². The average molecular weight is 236 g/mol. The van der Waals surface area contributed by atoms with Crippen LogP contribution in [0.1, 0.15) is 5.56 Å². The van der Waals surface area contributed by atoms with Crippen LogP contribution < -0.4 is 0 Å². The van der Waals surface area contributed by atoms with E-state index in [2.05, 4.69) is 15.3 Å². The number of aromatic amines is 1. The summed E-state index contributed by atoms with van der Waals surface area (Å²) in [5.41, 5.74) is 0.473. The number of phenols is 2. The van der Waals surface area contributed by atoms with E-state index in [1.54, 1.807) is 0 Å². The summed E-state index contributed by atoms with van der Waals surface area (Å²) in [6.07, 6.45) is 2.83. The van der Waals surface area contributed by atoms with Crippen molar-refractivity contribution in [2.75, 3.05) is 0 Å². The van der Waals surface area contributed by atoms with Crippen LogP contribution >= 0.6 is 12.2 Å². The molecule has 82 valence electrons. The highest BCUT2D eigenvalue weighted by molar-refractivity contribution is 7.71. The second kappa shape index (κ2) is 4.15. The third-order valence-corrected chi connectivity index (χ3v) is 2.15. The molecule has 0 saturated heterocycles. The molecule has 0 amide bonds. The van der Waals surface area contributed by atoms with Crippen LogP contribution in [0.25, 0.3) is 0 Å². The van der Waals surface area contributed by atoms with Crippen molar-refractivity contribution in [3.63, 3.8) is 0 Å². The summed E-state index contributed by atoms with van der Waals surface area (Å²) in [5, 5.41) is 28.8. The molecule has 6 nitrogen and oxygen atoms in total. The number of nitrogens with zero attached hydrogens (tertiary/aromatic N) is 3. The second-order valence-corrected chi connectivity index (χ2v) is 3.38. The van der Waals surface area contributed by atoms with Crippen LogP contribution in [0, 0.1) is 4.77 Å². The molecule has 2 rings (SSSR count). The molecule has 2 aromatic rings. The number of hydrogen-bond donors (Lipinski definition) is 3. The zero-order chi connectivity index (χ0) is 11.5. The maximum Gasteiger partial charge on any atom is 0.216 e. The molecule has 0 atom stereocenters. The molecule has 3 N–H and O–H groups in total. The Kier molecular flexibility index (Phi) is 2.69. The van der Waals surface area contributed by atoms with Crippen LogP contribution in [0.15, 0.2) is 29.6 Å². The average Bonchev–Trinajstić information content (AvgIpc) is 2.63. The van der Waals surface area contributed by atoms with E-state index in [9.17, 15) is 5.11 Å². The molecule has 0 aliphatic carbocycles. The minimum atomic E-state index is -0.0567. The fourth-order valence-electron chi connectivity index (χ4n) is 1.09. The van der Waals surface area contributed by atoms with Gasteiger partial charge in [0.15, 0.2) is 0 Å². The van der Waals surface area contributed by atoms with Crippen LogP contribution in [-0.2, 0) is 0 Å². The van der Waals surface area contributed by atoms with Crippen molar-refractivity contribution in [3.05, 3.63) is 34.9 Å². The molecule has 0 bridgehead atoms. The van der Waals surface area contributed by atoms with Crippen molar-refractivity contribution >= 4 is 18.4 Å². The highest BCUT2D eigenvalue weighted by Gasteiger charge is 1.99. The number of H-pyrrole nitrogens is 1. The first-order valence-corrected chi connectivity index (χ1v) is 4.76. The molecule has 0 saturated carbocycles. The van der Waals surface area contributed by atoms with Crippen LogP contribution in [0.2, 0.25) is 0 Å². The Morgan fingerprint density at radius 1 is 1.44 bits per heavy atom. The van der Waals surface area contributed by atoms with Gasteiger partial charge in [-0.05, 0) is 24.4 Å². The molecule has 7 heteroatoms. The molecule has 0 fully saturated rings. The summed E-state index contributed by atoms with van der Waals surface area (Å²) < 4.78 is 1.70. The number of hydrogen-bond acceptors (Lipinski definition) is 5. The van der Waals surface area contributed by atoms with Gasteiger partial charge in [-0.1, -0.05) is 0 Å². The van der Waals surface area contributed by atoms with E-state index >= 15 is 0 Å². The summed E-state index contributed by atoms with van der Waals surface area (Å²) in [7, 11) is 0. The lowest BCUT2D eigenvalue weighted by atomic mass is 10.2. The van der Waals surface area contributed by atoms with Crippen molar-refractivity contribution in [3.8, 4) is 11.5 Å². The summed E-state index contributed by atoms with van der Waals surface area (Å²) in [6.45, 7) is 0. The predicted molar refractivity (Wildman–Crippen MR) is 60.2 cm³/mol. The van der Waals surface area contributed by atoms with Gasteiger partial charge in [-0.3, -0.25) is 5.10 Å². The Hall–Kier alpha value is -2.15. The highest BCUT2D eigenvalue weighted by Crippen LogP contribution is 2.20. The maximum absolute atomic E-state index is 9.48. The summed E-state index contributed by atoms with van der Waals surface area (Å²) in [4.78, 5) is 0. The van der Waals surface area contributed by atoms with Crippen LogP contribution in [-0.4, -0.2) is 31.3 Å². The Balaban J connectivity index is 2.31. The van der Waals surface area contributed by atoms with Gasteiger partial charge in [-0.15, -0.1) is 0 Å². The molecule has 1 heterocycles. The van der Waals surface area contributed by atoms with Crippen molar-refractivity contribution in [1.82, 2.24) is 14.9 Å². The largest absolute Gasteiger partial charge is 0.508 e. The van der Waals surface area contributed by atoms with E-state index in [0.717, 1.165) is 0 Å². The van der Waals surface area contributed by atoms with Gasteiger partial charge in [-0.2, -0.15) is 14.9 Å².